The molecule has 0 atom stereocenters. The van der Waals surface area contributed by atoms with E-state index in [9.17, 15) is 0 Å². The quantitative estimate of drug-likeness (QED) is 0.279. The lowest BCUT2D eigenvalue weighted by Gasteiger charge is -1.97. The summed E-state index contributed by atoms with van der Waals surface area (Å²) in [5.74, 6) is 3.45. The van der Waals surface area contributed by atoms with Crippen LogP contribution in [0.2, 0.25) is 0 Å². The van der Waals surface area contributed by atoms with Crippen LogP contribution in [0.3, 0.4) is 0 Å². The zero-order valence-electron chi connectivity index (χ0n) is 9.61. The molecule has 0 aliphatic carbocycles. The Morgan fingerprint density at radius 1 is 1.13 bits per heavy atom. The van der Waals surface area contributed by atoms with E-state index in [1.807, 2.05) is 39.4 Å². The summed E-state index contributed by atoms with van der Waals surface area (Å²) >= 11 is 1.90. The van der Waals surface area contributed by atoms with Gasteiger partial charge in [0.25, 0.3) is 0 Å². The first-order valence-corrected chi connectivity index (χ1v) is 9.07. The van der Waals surface area contributed by atoms with E-state index in [0.29, 0.717) is 0 Å². The van der Waals surface area contributed by atoms with Gasteiger partial charge in [0, 0.05) is 17.3 Å². The van der Waals surface area contributed by atoms with Gasteiger partial charge in [-0.05, 0) is 11.8 Å². The maximum Gasteiger partial charge on any atom is 0.0124 e. The molecule has 0 amide bonds. The van der Waals surface area contributed by atoms with E-state index in [2.05, 4.69) is 25.0 Å². The van der Waals surface area contributed by atoms with Crippen LogP contribution in [-0.2, 0) is 0 Å². The third-order valence-electron chi connectivity index (χ3n) is 1.75. The molecule has 0 aromatic rings. The molecule has 0 radical (unpaired) electrons. The highest BCUT2D eigenvalue weighted by Gasteiger charge is 1.88. The molecule has 0 saturated carbocycles. The van der Waals surface area contributed by atoms with Crippen LogP contribution >= 0.6 is 33.3 Å². The summed E-state index contributed by atoms with van der Waals surface area (Å²) in [6, 6.07) is 0. The van der Waals surface area contributed by atoms with Crippen molar-refractivity contribution in [3.05, 3.63) is 24.1 Å². The summed E-state index contributed by atoms with van der Waals surface area (Å²) in [7, 11) is 3.83. The SMILES string of the molecule is C=CCSCC=CSSCCCCCC. The first-order valence-electron chi connectivity index (χ1n) is 5.53. The Labute approximate surface area is 107 Å². The van der Waals surface area contributed by atoms with Crippen LogP contribution in [-0.4, -0.2) is 17.3 Å². The maximum atomic E-state index is 3.69. The van der Waals surface area contributed by atoms with Gasteiger partial charge in [0.1, 0.15) is 0 Å². The van der Waals surface area contributed by atoms with E-state index in [0.717, 1.165) is 11.5 Å². The lowest BCUT2D eigenvalue weighted by atomic mass is 10.2. The Balaban J connectivity index is 2.99. The molecule has 0 fully saturated rings. The van der Waals surface area contributed by atoms with Crippen molar-refractivity contribution in [1.29, 1.82) is 0 Å². The summed E-state index contributed by atoms with van der Waals surface area (Å²) in [4.78, 5) is 0. The normalized spacial score (nSPS) is 11.0. The van der Waals surface area contributed by atoms with E-state index in [-0.39, 0.29) is 0 Å². The molecule has 0 saturated heterocycles. The third kappa shape index (κ3) is 14.5. The molecule has 15 heavy (non-hydrogen) atoms. The Kier molecular flexibility index (Phi) is 15.0. The largest absolute Gasteiger partial charge is 0.154 e. The highest BCUT2D eigenvalue weighted by atomic mass is 33.1. The summed E-state index contributed by atoms with van der Waals surface area (Å²) in [5.41, 5.74) is 0. The average Bonchev–Trinajstić information content (AvgIpc) is 2.26. The average molecular weight is 263 g/mol. The van der Waals surface area contributed by atoms with Gasteiger partial charge < -0.3 is 0 Å². The van der Waals surface area contributed by atoms with Gasteiger partial charge >= 0.3 is 0 Å². The Morgan fingerprint density at radius 3 is 2.73 bits per heavy atom. The Morgan fingerprint density at radius 2 is 2.00 bits per heavy atom. The molecule has 0 spiro atoms. The van der Waals surface area contributed by atoms with Gasteiger partial charge in [-0.25, -0.2) is 0 Å². The van der Waals surface area contributed by atoms with Crippen LogP contribution in [0.1, 0.15) is 32.6 Å². The van der Waals surface area contributed by atoms with E-state index in [1.165, 1.54) is 31.4 Å². The molecule has 0 rings (SSSR count). The smallest absolute Gasteiger partial charge is 0.0124 e. The minimum Gasteiger partial charge on any atom is -0.154 e. The molecular formula is C12H22S3. The predicted octanol–water partition coefficient (Wildman–Crippen LogP) is 5.38. The Bertz CT molecular complexity index is 155. The molecular weight excluding hydrogens is 240 g/mol. The van der Waals surface area contributed by atoms with Crippen LogP contribution < -0.4 is 0 Å². The van der Waals surface area contributed by atoms with Gasteiger partial charge in [0.05, 0.1) is 0 Å². The second-order valence-electron chi connectivity index (χ2n) is 3.18. The summed E-state index contributed by atoms with van der Waals surface area (Å²) in [6.45, 7) is 5.94. The topological polar surface area (TPSA) is 0 Å². The van der Waals surface area contributed by atoms with Gasteiger partial charge in [-0.15, -0.1) is 6.58 Å². The fraction of sp³-hybridized carbons (Fsp3) is 0.667. The van der Waals surface area contributed by atoms with Gasteiger partial charge in [-0.2, -0.15) is 11.8 Å². The Hall–Kier alpha value is 0.530. The van der Waals surface area contributed by atoms with Crippen LogP contribution in [0.4, 0.5) is 0 Å². The second kappa shape index (κ2) is 14.5. The lowest BCUT2D eigenvalue weighted by Crippen LogP contribution is -1.77. The highest BCUT2D eigenvalue weighted by Crippen LogP contribution is 2.24. The summed E-state index contributed by atoms with van der Waals surface area (Å²) in [6.07, 6.45) is 9.66. The van der Waals surface area contributed by atoms with Crippen LogP contribution in [0.25, 0.3) is 0 Å². The van der Waals surface area contributed by atoms with Crippen molar-refractivity contribution in [2.24, 2.45) is 0 Å². The number of hydrogen-bond donors (Lipinski definition) is 0. The van der Waals surface area contributed by atoms with E-state index in [4.69, 9.17) is 0 Å². The predicted molar refractivity (Wildman–Crippen MR) is 80.9 cm³/mol. The van der Waals surface area contributed by atoms with Crippen molar-refractivity contribution in [3.63, 3.8) is 0 Å². The van der Waals surface area contributed by atoms with Crippen molar-refractivity contribution < 1.29 is 0 Å². The molecule has 88 valence electrons. The van der Waals surface area contributed by atoms with E-state index < -0.39 is 0 Å². The standard InChI is InChI=1S/C12H22S3/c1-3-5-6-7-11-14-15-12-8-10-13-9-4-2/h4,8,12H,2-3,5-7,9-11H2,1H3. The zero-order valence-corrected chi connectivity index (χ0v) is 12.1. The van der Waals surface area contributed by atoms with Crippen LogP contribution in [0.5, 0.6) is 0 Å². The fourth-order valence-corrected chi connectivity index (χ4v) is 3.42. The van der Waals surface area contributed by atoms with Crippen molar-refractivity contribution >= 4 is 33.3 Å². The lowest BCUT2D eigenvalue weighted by molar-refractivity contribution is 0.707. The van der Waals surface area contributed by atoms with Crippen molar-refractivity contribution in [2.75, 3.05) is 17.3 Å². The van der Waals surface area contributed by atoms with Crippen LogP contribution in [0.15, 0.2) is 24.1 Å². The van der Waals surface area contributed by atoms with Crippen molar-refractivity contribution in [2.45, 2.75) is 32.6 Å². The monoisotopic (exact) mass is 262 g/mol. The van der Waals surface area contributed by atoms with Crippen molar-refractivity contribution in [3.8, 4) is 0 Å². The molecule has 0 aliphatic heterocycles. The third-order valence-corrected chi connectivity index (χ3v) is 4.79. The molecule has 0 aromatic carbocycles. The number of hydrogen-bond acceptors (Lipinski definition) is 3. The van der Waals surface area contributed by atoms with E-state index >= 15 is 0 Å². The maximum absolute atomic E-state index is 3.69. The number of unbranched alkanes of at least 4 members (excludes halogenated alkanes) is 3. The minimum atomic E-state index is 1.05. The van der Waals surface area contributed by atoms with Crippen molar-refractivity contribution in [1.82, 2.24) is 0 Å². The minimum absolute atomic E-state index is 1.05. The number of rotatable bonds is 11. The molecule has 0 nitrogen and oxygen atoms in total. The molecule has 0 aromatic heterocycles. The molecule has 0 N–H and O–H groups in total. The fourth-order valence-electron chi connectivity index (χ4n) is 0.973. The first kappa shape index (κ1) is 15.5. The molecule has 0 aliphatic rings. The van der Waals surface area contributed by atoms with E-state index in [1.54, 1.807) is 0 Å². The van der Waals surface area contributed by atoms with Crippen LogP contribution in [0, 0.1) is 0 Å². The highest BCUT2D eigenvalue weighted by molar-refractivity contribution is 8.77. The van der Waals surface area contributed by atoms with Gasteiger partial charge in [0.15, 0.2) is 0 Å². The molecule has 0 bridgehead atoms. The first-order chi connectivity index (χ1) is 7.41. The summed E-state index contributed by atoms with van der Waals surface area (Å²) < 4.78 is 0. The second-order valence-corrected chi connectivity index (χ2v) is 6.64. The molecule has 0 unspecified atom stereocenters. The van der Waals surface area contributed by atoms with Gasteiger partial charge in [-0.1, -0.05) is 59.9 Å². The zero-order chi connectivity index (χ0) is 11.2. The summed E-state index contributed by atoms with van der Waals surface area (Å²) in [5, 5.41) is 2.21. The van der Waals surface area contributed by atoms with Gasteiger partial charge in [-0.3, -0.25) is 0 Å². The number of thioether (sulfide) groups is 1. The molecule has 3 heteroatoms. The van der Waals surface area contributed by atoms with Gasteiger partial charge in [0.2, 0.25) is 0 Å². The molecule has 0 heterocycles.